The first-order valence-electron chi connectivity index (χ1n) is 6.26. The normalized spacial score (nSPS) is 19.0. The van der Waals surface area contributed by atoms with Crippen molar-refractivity contribution in [3.8, 4) is 11.3 Å². The summed E-state index contributed by atoms with van der Waals surface area (Å²) < 4.78 is 10.9. The van der Waals surface area contributed by atoms with Crippen LogP contribution in [0.2, 0.25) is 0 Å². The molecular weight excluding hydrogens is 228 g/mol. The van der Waals surface area contributed by atoms with E-state index in [1.807, 2.05) is 12.1 Å². The Morgan fingerprint density at radius 1 is 1.39 bits per heavy atom. The molecule has 2 heterocycles. The Hall–Kier alpha value is -1.81. The maximum Gasteiger partial charge on any atom is 0.181 e. The second-order valence-electron chi connectivity index (χ2n) is 4.46. The largest absolute Gasteiger partial charge is 0.444 e. The van der Waals surface area contributed by atoms with E-state index in [1.165, 1.54) is 12.8 Å². The van der Waals surface area contributed by atoms with Gasteiger partial charge in [0.05, 0.1) is 12.3 Å². The first-order chi connectivity index (χ1) is 8.92. The fraction of sp³-hybridized carbons (Fsp3) is 0.357. The summed E-state index contributed by atoms with van der Waals surface area (Å²) in [4.78, 5) is 3.93. The van der Waals surface area contributed by atoms with Crippen LogP contribution in [0.25, 0.3) is 11.3 Å². The lowest BCUT2D eigenvalue weighted by Crippen LogP contribution is -2.18. The van der Waals surface area contributed by atoms with E-state index in [4.69, 9.17) is 9.15 Å². The number of hydrogen-bond donors (Lipinski definition) is 1. The van der Waals surface area contributed by atoms with E-state index in [9.17, 15) is 0 Å². The highest BCUT2D eigenvalue weighted by Gasteiger charge is 2.14. The molecule has 1 aliphatic rings. The van der Waals surface area contributed by atoms with Gasteiger partial charge in [-0.1, -0.05) is 12.1 Å². The van der Waals surface area contributed by atoms with Crippen molar-refractivity contribution in [2.24, 2.45) is 0 Å². The first-order valence-corrected chi connectivity index (χ1v) is 6.26. The van der Waals surface area contributed by atoms with Gasteiger partial charge in [-0.25, -0.2) is 4.98 Å². The molecule has 0 saturated carbocycles. The lowest BCUT2D eigenvalue weighted by Gasteiger charge is -2.12. The standard InChI is InChI=1S/C14H16N2O2/c1-3-11(14-9-15-10-18-14)7-12(4-1)16-8-13-5-2-6-17-13/h1,3-4,7,9-10,13,16H,2,5-6,8H2. The summed E-state index contributed by atoms with van der Waals surface area (Å²) in [5.41, 5.74) is 2.12. The Bertz CT molecular complexity index is 490. The Morgan fingerprint density at radius 2 is 2.39 bits per heavy atom. The smallest absolute Gasteiger partial charge is 0.181 e. The molecule has 0 radical (unpaired) electrons. The fourth-order valence-electron chi connectivity index (χ4n) is 2.18. The van der Waals surface area contributed by atoms with Crippen molar-refractivity contribution in [2.75, 3.05) is 18.5 Å². The zero-order valence-electron chi connectivity index (χ0n) is 10.1. The van der Waals surface area contributed by atoms with Gasteiger partial charge in [-0.3, -0.25) is 0 Å². The third-order valence-corrected chi connectivity index (χ3v) is 3.14. The van der Waals surface area contributed by atoms with Crippen molar-refractivity contribution in [1.29, 1.82) is 0 Å². The molecule has 1 unspecified atom stereocenters. The molecule has 4 nitrogen and oxygen atoms in total. The van der Waals surface area contributed by atoms with Gasteiger partial charge in [0.25, 0.3) is 0 Å². The summed E-state index contributed by atoms with van der Waals surface area (Å²) in [5, 5.41) is 3.40. The highest BCUT2D eigenvalue weighted by atomic mass is 16.5. The van der Waals surface area contributed by atoms with Crippen molar-refractivity contribution in [3.63, 3.8) is 0 Å². The molecule has 3 rings (SSSR count). The average Bonchev–Trinajstić information content (AvgIpc) is 3.10. The summed E-state index contributed by atoms with van der Waals surface area (Å²) in [5.74, 6) is 0.788. The van der Waals surface area contributed by atoms with Gasteiger partial charge in [-0.05, 0) is 25.0 Å². The molecule has 0 aliphatic carbocycles. The Morgan fingerprint density at radius 3 is 3.17 bits per heavy atom. The number of aromatic nitrogens is 1. The van der Waals surface area contributed by atoms with Crippen LogP contribution in [0.3, 0.4) is 0 Å². The number of ether oxygens (including phenoxy) is 1. The molecular formula is C14H16N2O2. The van der Waals surface area contributed by atoms with Crippen molar-refractivity contribution in [2.45, 2.75) is 18.9 Å². The SMILES string of the molecule is c1cc(NCC2CCCO2)cc(-c2cnco2)c1. The van der Waals surface area contributed by atoms with Gasteiger partial charge >= 0.3 is 0 Å². The maximum atomic E-state index is 5.59. The van der Waals surface area contributed by atoms with Crippen LogP contribution in [0.4, 0.5) is 5.69 Å². The summed E-state index contributed by atoms with van der Waals surface area (Å²) in [6, 6.07) is 8.14. The molecule has 1 saturated heterocycles. The minimum atomic E-state index is 0.346. The van der Waals surface area contributed by atoms with Crippen LogP contribution in [0.1, 0.15) is 12.8 Å². The molecule has 1 atom stereocenters. The Balaban J connectivity index is 1.67. The van der Waals surface area contributed by atoms with Gasteiger partial charge in [0.2, 0.25) is 0 Å². The predicted octanol–water partition coefficient (Wildman–Crippen LogP) is 2.93. The van der Waals surface area contributed by atoms with Crippen LogP contribution in [-0.4, -0.2) is 24.2 Å². The minimum Gasteiger partial charge on any atom is -0.444 e. The van der Waals surface area contributed by atoms with Gasteiger partial charge in [0, 0.05) is 24.4 Å². The van der Waals surface area contributed by atoms with Crippen molar-refractivity contribution >= 4 is 5.69 Å². The summed E-state index contributed by atoms with van der Waals surface area (Å²) in [6.45, 7) is 1.75. The number of rotatable bonds is 4. The van der Waals surface area contributed by atoms with Gasteiger partial charge in [-0.15, -0.1) is 0 Å². The maximum absolute atomic E-state index is 5.59. The van der Waals surface area contributed by atoms with Gasteiger partial charge in [-0.2, -0.15) is 0 Å². The molecule has 0 bridgehead atoms. The molecule has 1 fully saturated rings. The molecule has 1 N–H and O–H groups in total. The van der Waals surface area contributed by atoms with E-state index in [2.05, 4.69) is 22.4 Å². The zero-order chi connectivity index (χ0) is 12.2. The molecule has 4 heteroatoms. The van der Waals surface area contributed by atoms with E-state index in [1.54, 1.807) is 6.20 Å². The quantitative estimate of drug-likeness (QED) is 0.898. The lowest BCUT2D eigenvalue weighted by atomic mass is 10.1. The predicted molar refractivity (Wildman–Crippen MR) is 69.4 cm³/mol. The summed E-state index contributed by atoms with van der Waals surface area (Å²) in [7, 11) is 0. The highest BCUT2D eigenvalue weighted by molar-refractivity contribution is 5.63. The fourth-order valence-corrected chi connectivity index (χ4v) is 2.18. The van der Waals surface area contributed by atoms with Crippen LogP contribution in [0.15, 0.2) is 41.3 Å². The number of anilines is 1. The molecule has 1 aromatic heterocycles. The van der Waals surface area contributed by atoms with E-state index < -0.39 is 0 Å². The van der Waals surface area contributed by atoms with E-state index in [0.29, 0.717) is 6.10 Å². The second-order valence-corrected chi connectivity index (χ2v) is 4.46. The molecule has 1 aromatic carbocycles. The topological polar surface area (TPSA) is 47.3 Å². The second kappa shape index (κ2) is 5.23. The Kier molecular flexibility index (Phi) is 3.28. The molecule has 94 valence electrons. The number of nitrogens with zero attached hydrogens (tertiary/aromatic N) is 1. The third-order valence-electron chi connectivity index (χ3n) is 3.14. The average molecular weight is 244 g/mol. The van der Waals surface area contributed by atoms with Gasteiger partial charge in [0.1, 0.15) is 0 Å². The molecule has 0 spiro atoms. The van der Waals surface area contributed by atoms with E-state index in [0.717, 1.165) is 36.6 Å². The van der Waals surface area contributed by atoms with Crippen LogP contribution in [-0.2, 0) is 4.74 Å². The molecule has 18 heavy (non-hydrogen) atoms. The Labute approximate surface area is 106 Å². The number of nitrogens with one attached hydrogen (secondary N) is 1. The van der Waals surface area contributed by atoms with Crippen molar-refractivity contribution in [1.82, 2.24) is 4.98 Å². The van der Waals surface area contributed by atoms with Crippen LogP contribution < -0.4 is 5.32 Å². The highest BCUT2D eigenvalue weighted by Crippen LogP contribution is 2.22. The molecule has 1 aliphatic heterocycles. The van der Waals surface area contributed by atoms with E-state index in [-0.39, 0.29) is 0 Å². The zero-order valence-corrected chi connectivity index (χ0v) is 10.1. The van der Waals surface area contributed by atoms with Gasteiger partial charge in [0.15, 0.2) is 12.2 Å². The molecule has 2 aromatic rings. The number of oxazole rings is 1. The number of benzene rings is 1. The van der Waals surface area contributed by atoms with Crippen LogP contribution >= 0.6 is 0 Å². The van der Waals surface area contributed by atoms with Gasteiger partial charge < -0.3 is 14.5 Å². The minimum absolute atomic E-state index is 0.346. The van der Waals surface area contributed by atoms with Crippen LogP contribution in [0.5, 0.6) is 0 Å². The number of hydrogen-bond acceptors (Lipinski definition) is 4. The first kappa shape index (κ1) is 11.3. The lowest BCUT2D eigenvalue weighted by molar-refractivity contribution is 0.120. The van der Waals surface area contributed by atoms with Crippen LogP contribution in [0, 0.1) is 0 Å². The van der Waals surface area contributed by atoms with E-state index >= 15 is 0 Å². The van der Waals surface area contributed by atoms with Crippen molar-refractivity contribution < 1.29 is 9.15 Å². The third kappa shape index (κ3) is 2.54. The monoisotopic (exact) mass is 244 g/mol. The van der Waals surface area contributed by atoms with Crippen molar-refractivity contribution in [3.05, 3.63) is 36.9 Å². The summed E-state index contributed by atoms with van der Waals surface area (Å²) >= 11 is 0. The summed E-state index contributed by atoms with van der Waals surface area (Å²) in [6.07, 6.45) is 5.83. The molecule has 0 amide bonds.